The van der Waals surface area contributed by atoms with E-state index in [9.17, 15) is 4.79 Å². The lowest BCUT2D eigenvalue weighted by molar-refractivity contribution is 0.0767. The average Bonchev–Trinajstić information content (AvgIpc) is 3.12. The summed E-state index contributed by atoms with van der Waals surface area (Å²) in [6.07, 6.45) is 5.96. The molecule has 0 saturated carbocycles. The fourth-order valence-electron chi connectivity index (χ4n) is 3.23. The van der Waals surface area contributed by atoms with Crippen molar-refractivity contribution in [3.63, 3.8) is 0 Å². The molecule has 0 N–H and O–H groups in total. The summed E-state index contributed by atoms with van der Waals surface area (Å²) in [7, 11) is 1.82. The lowest BCUT2D eigenvalue weighted by atomic mass is 10.3. The second-order valence-corrected chi connectivity index (χ2v) is 7.21. The van der Waals surface area contributed by atoms with Crippen molar-refractivity contribution in [1.29, 1.82) is 0 Å². The van der Waals surface area contributed by atoms with Crippen LogP contribution in [-0.2, 0) is 7.05 Å². The van der Waals surface area contributed by atoms with E-state index in [0.717, 1.165) is 42.1 Å². The molecule has 0 aliphatic carbocycles. The molecule has 0 aromatic carbocycles. The Balaban J connectivity index is 1.54. The number of hydrogen-bond donors (Lipinski definition) is 0. The van der Waals surface area contributed by atoms with E-state index in [1.54, 1.807) is 34.7 Å². The largest absolute Gasteiger partial charge is 0.353 e. The van der Waals surface area contributed by atoms with Gasteiger partial charge in [0.05, 0.1) is 22.0 Å². The van der Waals surface area contributed by atoms with E-state index >= 15 is 0 Å². The zero-order valence-corrected chi connectivity index (χ0v) is 15.2. The first-order chi connectivity index (χ1) is 12.1. The Morgan fingerprint density at radius 2 is 2.08 bits per heavy atom. The summed E-state index contributed by atoms with van der Waals surface area (Å²) in [5.41, 5.74) is 2.86. The highest BCUT2D eigenvalue weighted by atomic mass is 32.1. The highest BCUT2D eigenvalue weighted by Gasteiger charge is 2.23. The Morgan fingerprint density at radius 1 is 1.20 bits per heavy atom. The van der Waals surface area contributed by atoms with Gasteiger partial charge in [0.15, 0.2) is 0 Å². The Labute approximate surface area is 149 Å². The Bertz CT molecular complexity index is 917. The molecule has 25 heavy (non-hydrogen) atoms. The minimum Gasteiger partial charge on any atom is -0.353 e. The molecular weight excluding hydrogens is 336 g/mol. The summed E-state index contributed by atoms with van der Waals surface area (Å²) in [5, 5.41) is 6.22. The van der Waals surface area contributed by atoms with Gasteiger partial charge in [-0.1, -0.05) is 0 Å². The van der Waals surface area contributed by atoms with Crippen LogP contribution in [0.1, 0.15) is 22.3 Å². The zero-order chi connectivity index (χ0) is 17.4. The maximum atomic E-state index is 12.7. The first-order valence-corrected chi connectivity index (χ1v) is 9.23. The number of rotatable bonds is 2. The van der Waals surface area contributed by atoms with Gasteiger partial charge >= 0.3 is 0 Å². The van der Waals surface area contributed by atoms with Crippen LogP contribution in [0.25, 0.3) is 10.2 Å². The second-order valence-electron chi connectivity index (χ2n) is 6.33. The van der Waals surface area contributed by atoms with E-state index in [1.807, 2.05) is 11.9 Å². The van der Waals surface area contributed by atoms with Crippen LogP contribution in [-0.4, -0.2) is 56.7 Å². The van der Waals surface area contributed by atoms with Crippen LogP contribution >= 0.6 is 11.3 Å². The average molecular weight is 356 g/mol. The Morgan fingerprint density at radius 3 is 2.88 bits per heavy atom. The molecule has 3 aromatic rings. The first kappa shape index (κ1) is 16.0. The molecule has 1 aliphatic heterocycles. The molecule has 0 spiro atoms. The molecule has 0 unspecified atom stereocenters. The molecule has 0 bridgehead atoms. The van der Waals surface area contributed by atoms with Gasteiger partial charge in [-0.3, -0.25) is 9.48 Å². The summed E-state index contributed by atoms with van der Waals surface area (Å²) >= 11 is 1.69. The number of aryl methyl sites for hydroxylation is 2. The smallest absolute Gasteiger partial charge is 0.257 e. The highest BCUT2D eigenvalue weighted by molar-refractivity contribution is 7.18. The van der Waals surface area contributed by atoms with E-state index in [0.29, 0.717) is 12.1 Å². The molecular formula is C17H20N6OS. The van der Waals surface area contributed by atoms with Gasteiger partial charge in [-0.2, -0.15) is 5.10 Å². The Kier molecular flexibility index (Phi) is 4.12. The molecule has 1 aliphatic rings. The van der Waals surface area contributed by atoms with Crippen LogP contribution < -0.4 is 4.90 Å². The minimum absolute atomic E-state index is 0.0507. The summed E-state index contributed by atoms with van der Waals surface area (Å²) < 4.78 is 2.79. The standard InChI is InChI=1S/C17H20N6OS/c1-12-10-25-15-14(12)18-11-19-16(15)22-4-3-5-23(7-6-22)17(24)13-8-20-21(2)9-13/h8-11H,3-7H2,1-2H3. The number of thiophene rings is 1. The lowest BCUT2D eigenvalue weighted by Gasteiger charge is -2.22. The normalized spacial score (nSPS) is 15.6. The number of carbonyl (C=O) groups excluding carboxylic acids is 1. The van der Waals surface area contributed by atoms with Gasteiger partial charge in [0.2, 0.25) is 0 Å². The Hall–Kier alpha value is -2.48. The van der Waals surface area contributed by atoms with Crippen molar-refractivity contribution in [3.05, 3.63) is 35.2 Å². The second kappa shape index (κ2) is 6.44. The van der Waals surface area contributed by atoms with Crippen LogP contribution in [0.4, 0.5) is 5.82 Å². The van der Waals surface area contributed by atoms with Crippen molar-refractivity contribution in [3.8, 4) is 0 Å². The van der Waals surface area contributed by atoms with Crippen molar-refractivity contribution in [2.24, 2.45) is 7.05 Å². The number of fused-ring (bicyclic) bond motifs is 1. The maximum Gasteiger partial charge on any atom is 0.257 e. The predicted octanol–water partition coefficient (Wildman–Crippen LogP) is 2.09. The van der Waals surface area contributed by atoms with Gasteiger partial charge in [-0.25, -0.2) is 9.97 Å². The summed E-state index contributed by atoms with van der Waals surface area (Å²) in [5.74, 6) is 1.04. The minimum atomic E-state index is 0.0507. The maximum absolute atomic E-state index is 12.7. The van der Waals surface area contributed by atoms with E-state index in [2.05, 4.69) is 32.3 Å². The number of aromatic nitrogens is 4. The monoisotopic (exact) mass is 356 g/mol. The third kappa shape index (κ3) is 2.97. The van der Waals surface area contributed by atoms with Gasteiger partial charge in [0, 0.05) is 39.4 Å². The van der Waals surface area contributed by atoms with Gasteiger partial charge in [0.25, 0.3) is 5.91 Å². The molecule has 4 rings (SSSR count). The van der Waals surface area contributed by atoms with Crippen LogP contribution in [0.3, 0.4) is 0 Å². The number of nitrogens with zero attached hydrogens (tertiary/aromatic N) is 6. The molecule has 8 heteroatoms. The van der Waals surface area contributed by atoms with Crippen LogP contribution in [0.2, 0.25) is 0 Å². The van der Waals surface area contributed by atoms with Gasteiger partial charge in [-0.15, -0.1) is 11.3 Å². The summed E-state index contributed by atoms with van der Waals surface area (Å²) in [4.78, 5) is 25.8. The fraction of sp³-hybridized carbons (Fsp3) is 0.412. The molecule has 3 aromatic heterocycles. The van der Waals surface area contributed by atoms with Gasteiger partial charge in [0.1, 0.15) is 12.1 Å². The fourth-order valence-corrected chi connectivity index (χ4v) is 4.25. The van der Waals surface area contributed by atoms with E-state index in [-0.39, 0.29) is 5.91 Å². The molecule has 7 nitrogen and oxygen atoms in total. The van der Waals surface area contributed by atoms with E-state index < -0.39 is 0 Å². The SMILES string of the molecule is Cc1csc2c(N3CCCN(C(=O)c4cnn(C)c4)CC3)ncnc12. The molecule has 1 fully saturated rings. The van der Waals surface area contributed by atoms with Gasteiger partial charge in [-0.05, 0) is 24.3 Å². The third-order valence-electron chi connectivity index (χ3n) is 4.55. The summed E-state index contributed by atoms with van der Waals surface area (Å²) in [6.45, 7) is 5.17. The molecule has 0 atom stereocenters. The van der Waals surface area contributed by atoms with Crippen molar-refractivity contribution >= 4 is 33.3 Å². The zero-order valence-electron chi connectivity index (χ0n) is 14.3. The number of carbonyl (C=O) groups is 1. The predicted molar refractivity (Wildman–Crippen MR) is 98.1 cm³/mol. The topological polar surface area (TPSA) is 67.2 Å². The molecule has 0 radical (unpaired) electrons. The summed E-state index contributed by atoms with van der Waals surface area (Å²) in [6, 6.07) is 0. The highest BCUT2D eigenvalue weighted by Crippen LogP contribution is 2.31. The van der Waals surface area contributed by atoms with Crippen molar-refractivity contribution in [1.82, 2.24) is 24.6 Å². The molecule has 1 amide bonds. The number of hydrogen-bond acceptors (Lipinski definition) is 6. The number of anilines is 1. The van der Waals surface area contributed by atoms with Crippen LogP contribution in [0, 0.1) is 6.92 Å². The van der Waals surface area contributed by atoms with Crippen LogP contribution in [0.5, 0.6) is 0 Å². The quantitative estimate of drug-likeness (QED) is 0.703. The van der Waals surface area contributed by atoms with Gasteiger partial charge < -0.3 is 9.80 Å². The first-order valence-electron chi connectivity index (χ1n) is 8.35. The van der Waals surface area contributed by atoms with E-state index in [4.69, 9.17) is 0 Å². The molecule has 4 heterocycles. The third-order valence-corrected chi connectivity index (χ3v) is 5.63. The number of amides is 1. The lowest BCUT2D eigenvalue weighted by Crippen LogP contribution is -2.35. The van der Waals surface area contributed by atoms with Crippen molar-refractivity contribution in [2.45, 2.75) is 13.3 Å². The molecule has 1 saturated heterocycles. The van der Waals surface area contributed by atoms with Crippen molar-refractivity contribution < 1.29 is 4.79 Å². The molecule has 130 valence electrons. The van der Waals surface area contributed by atoms with Crippen LogP contribution in [0.15, 0.2) is 24.1 Å². The van der Waals surface area contributed by atoms with E-state index in [1.165, 1.54) is 5.56 Å². The van der Waals surface area contributed by atoms with Crippen molar-refractivity contribution in [2.75, 3.05) is 31.1 Å².